The van der Waals surface area contributed by atoms with Crippen molar-refractivity contribution in [2.75, 3.05) is 33.4 Å². The maximum absolute atomic E-state index is 12.7. The molecule has 0 radical (unpaired) electrons. The molecule has 2 unspecified atom stereocenters. The van der Waals surface area contributed by atoms with Crippen LogP contribution < -0.4 is 5.32 Å². The summed E-state index contributed by atoms with van der Waals surface area (Å²) < 4.78 is 33.3. The summed E-state index contributed by atoms with van der Waals surface area (Å²) in [5.74, 6) is -0.791. The summed E-state index contributed by atoms with van der Waals surface area (Å²) in [4.78, 5) is 35.2. The third-order valence-corrected chi connectivity index (χ3v) is 12.4. The zero-order valence-corrected chi connectivity index (χ0v) is 40.6. The van der Waals surface area contributed by atoms with E-state index in [4.69, 9.17) is 18.5 Å². The fourth-order valence-corrected chi connectivity index (χ4v) is 8.24. The summed E-state index contributed by atoms with van der Waals surface area (Å²) in [6.07, 6.45) is 49.7. The van der Waals surface area contributed by atoms with Crippen molar-refractivity contribution in [1.29, 1.82) is 0 Å². The molecular weight excluding hydrogens is 774 g/mol. The molecule has 0 amide bonds. The number of nitrogens with one attached hydrogen (secondary N) is 1. The molecule has 0 aliphatic carbocycles. The largest absolute Gasteiger partial charge is 0.472 e. The van der Waals surface area contributed by atoms with E-state index in [0.717, 1.165) is 32.1 Å². The number of hydrogen-bond acceptors (Lipinski definition) is 8. The molecule has 0 aromatic heterocycles. The molecule has 9 nitrogen and oxygen atoms in total. The van der Waals surface area contributed by atoms with E-state index in [1.807, 2.05) is 0 Å². The van der Waals surface area contributed by atoms with Gasteiger partial charge in [0, 0.05) is 19.4 Å². The van der Waals surface area contributed by atoms with E-state index in [2.05, 4.69) is 31.3 Å². The number of ether oxygens (including phenoxy) is 2. The summed E-state index contributed by atoms with van der Waals surface area (Å²) in [5.41, 5.74) is 0. The quantitative estimate of drug-likeness (QED) is 0.0266. The van der Waals surface area contributed by atoms with Gasteiger partial charge in [0.05, 0.1) is 13.2 Å². The van der Waals surface area contributed by atoms with Crippen molar-refractivity contribution in [3.05, 3.63) is 12.2 Å². The number of allylic oxidation sites excluding steroid dienone is 2. The van der Waals surface area contributed by atoms with Crippen molar-refractivity contribution in [3.8, 4) is 0 Å². The van der Waals surface area contributed by atoms with Gasteiger partial charge in [-0.3, -0.25) is 18.6 Å². The van der Waals surface area contributed by atoms with Crippen LogP contribution in [0.1, 0.15) is 258 Å². The molecule has 0 aromatic rings. The average Bonchev–Trinajstić information content (AvgIpc) is 3.23. The number of unbranched alkanes of at least 4 members (excludes halogenated alkanes) is 33. The molecule has 0 rings (SSSR count). The molecule has 0 spiro atoms. The van der Waals surface area contributed by atoms with Gasteiger partial charge in [-0.05, 0) is 45.6 Å². The van der Waals surface area contributed by atoms with Crippen molar-refractivity contribution < 1.29 is 37.6 Å². The van der Waals surface area contributed by atoms with Crippen LogP contribution in [-0.2, 0) is 32.7 Å². The Bertz CT molecular complexity index is 995. The summed E-state index contributed by atoms with van der Waals surface area (Å²) in [6.45, 7) is 4.28. The smallest absolute Gasteiger partial charge is 0.462 e. The van der Waals surface area contributed by atoms with Crippen LogP contribution in [0.15, 0.2) is 12.2 Å². The minimum Gasteiger partial charge on any atom is -0.462 e. The maximum atomic E-state index is 12.7. The molecule has 60 heavy (non-hydrogen) atoms. The predicted octanol–water partition coefficient (Wildman–Crippen LogP) is 15.2. The Morgan fingerprint density at radius 2 is 0.850 bits per heavy atom. The molecular formula is C50H98NO8P. The summed E-state index contributed by atoms with van der Waals surface area (Å²) in [5, 5.41) is 2.83. The second-order valence-corrected chi connectivity index (χ2v) is 18.8. The van der Waals surface area contributed by atoms with E-state index in [1.165, 1.54) is 193 Å². The number of esters is 2. The number of rotatable bonds is 49. The van der Waals surface area contributed by atoms with Crippen molar-refractivity contribution in [2.24, 2.45) is 0 Å². The molecule has 0 saturated carbocycles. The minimum atomic E-state index is -4.35. The molecule has 0 bridgehead atoms. The third kappa shape index (κ3) is 46.3. The summed E-state index contributed by atoms with van der Waals surface area (Å²) >= 11 is 0. The highest BCUT2D eigenvalue weighted by molar-refractivity contribution is 7.47. The second-order valence-electron chi connectivity index (χ2n) is 17.4. The molecule has 0 heterocycles. The molecule has 2 N–H and O–H groups in total. The predicted molar refractivity (Wildman–Crippen MR) is 252 cm³/mol. The van der Waals surface area contributed by atoms with Gasteiger partial charge in [-0.2, -0.15) is 0 Å². The number of phosphoric acid groups is 1. The van der Waals surface area contributed by atoms with Crippen molar-refractivity contribution >= 4 is 19.8 Å². The van der Waals surface area contributed by atoms with Gasteiger partial charge in [0.2, 0.25) is 0 Å². The van der Waals surface area contributed by atoms with Gasteiger partial charge in [0.25, 0.3) is 0 Å². The van der Waals surface area contributed by atoms with Crippen molar-refractivity contribution in [1.82, 2.24) is 5.32 Å². The Balaban J connectivity index is 4.07. The van der Waals surface area contributed by atoms with Gasteiger partial charge in [0.15, 0.2) is 6.10 Å². The Morgan fingerprint density at radius 3 is 1.23 bits per heavy atom. The number of phosphoric ester groups is 1. The van der Waals surface area contributed by atoms with Crippen LogP contribution in [0.2, 0.25) is 0 Å². The molecule has 10 heteroatoms. The Labute approximate surface area is 371 Å². The van der Waals surface area contributed by atoms with Gasteiger partial charge < -0.3 is 19.7 Å². The maximum Gasteiger partial charge on any atom is 0.472 e. The Kier molecular flexibility index (Phi) is 46.3. The highest BCUT2D eigenvalue weighted by Gasteiger charge is 2.26. The molecule has 0 aliphatic heterocycles. The topological polar surface area (TPSA) is 120 Å². The first kappa shape index (κ1) is 58.8. The molecule has 0 fully saturated rings. The lowest BCUT2D eigenvalue weighted by Gasteiger charge is -2.20. The molecule has 0 saturated heterocycles. The monoisotopic (exact) mass is 872 g/mol. The standard InChI is InChI=1S/C50H98NO8P/c1-4-6-8-10-12-14-16-18-20-22-23-24-25-27-28-30-32-34-36-38-40-42-49(52)56-46-48(47-58-60(54,55)57-45-44-51-3)59-50(53)43-41-39-37-35-33-31-29-26-21-19-17-15-13-11-9-7-5-2/h18,20,48,51H,4-17,19,21-47H2,1-3H3,(H,54,55)/b20-18-. The molecule has 2 atom stereocenters. The van der Waals surface area contributed by atoms with Crippen LogP contribution in [-0.4, -0.2) is 56.3 Å². The number of carbonyl (C=O) groups is 2. The van der Waals surface area contributed by atoms with E-state index < -0.39 is 26.5 Å². The van der Waals surface area contributed by atoms with E-state index >= 15 is 0 Å². The first-order valence-corrected chi connectivity index (χ1v) is 27.1. The van der Waals surface area contributed by atoms with Gasteiger partial charge in [-0.1, -0.05) is 219 Å². The van der Waals surface area contributed by atoms with E-state index in [1.54, 1.807) is 7.05 Å². The summed E-state index contributed by atoms with van der Waals surface area (Å²) in [6, 6.07) is 0. The van der Waals surface area contributed by atoms with Crippen LogP contribution >= 0.6 is 7.82 Å². The van der Waals surface area contributed by atoms with Crippen LogP contribution in [0.5, 0.6) is 0 Å². The normalized spacial score (nSPS) is 13.2. The van der Waals surface area contributed by atoms with Gasteiger partial charge in [-0.25, -0.2) is 4.57 Å². The number of carbonyl (C=O) groups excluding carboxylic acids is 2. The zero-order valence-electron chi connectivity index (χ0n) is 39.7. The second kappa shape index (κ2) is 47.2. The SMILES string of the molecule is CCCCCCCC/C=C\CCCCCCCCCCCCCC(=O)OCC(COP(=O)(O)OCCNC)OC(=O)CCCCCCCCCCCCCCCCCCC. The van der Waals surface area contributed by atoms with E-state index in [-0.39, 0.29) is 25.6 Å². The molecule has 356 valence electrons. The minimum absolute atomic E-state index is 0.0132. The third-order valence-electron chi connectivity index (χ3n) is 11.4. The first-order chi connectivity index (χ1) is 29.3. The van der Waals surface area contributed by atoms with Gasteiger partial charge in [0.1, 0.15) is 6.61 Å². The van der Waals surface area contributed by atoms with Crippen LogP contribution in [0, 0.1) is 0 Å². The Morgan fingerprint density at radius 1 is 0.500 bits per heavy atom. The number of likely N-dealkylation sites (N-methyl/N-ethyl adjacent to an activating group) is 1. The lowest BCUT2D eigenvalue weighted by atomic mass is 10.0. The lowest BCUT2D eigenvalue weighted by molar-refractivity contribution is -0.161. The summed E-state index contributed by atoms with van der Waals surface area (Å²) in [7, 11) is -2.64. The molecule has 0 aliphatic rings. The highest BCUT2D eigenvalue weighted by Crippen LogP contribution is 2.43. The van der Waals surface area contributed by atoms with Crippen LogP contribution in [0.25, 0.3) is 0 Å². The van der Waals surface area contributed by atoms with Gasteiger partial charge >= 0.3 is 19.8 Å². The molecule has 0 aromatic carbocycles. The van der Waals surface area contributed by atoms with Crippen molar-refractivity contribution in [2.45, 2.75) is 264 Å². The number of hydrogen-bond donors (Lipinski definition) is 2. The van der Waals surface area contributed by atoms with Gasteiger partial charge in [-0.15, -0.1) is 0 Å². The lowest BCUT2D eigenvalue weighted by Crippen LogP contribution is -2.29. The zero-order chi connectivity index (χ0) is 43.9. The average molecular weight is 872 g/mol. The highest BCUT2D eigenvalue weighted by atomic mass is 31.2. The van der Waals surface area contributed by atoms with Crippen molar-refractivity contribution in [3.63, 3.8) is 0 Å². The van der Waals surface area contributed by atoms with E-state index in [0.29, 0.717) is 19.4 Å². The van der Waals surface area contributed by atoms with Crippen LogP contribution in [0.3, 0.4) is 0 Å². The van der Waals surface area contributed by atoms with Crippen LogP contribution in [0.4, 0.5) is 0 Å². The Hall–Kier alpha value is -1.25. The first-order valence-electron chi connectivity index (χ1n) is 25.6. The van der Waals surface area contributed by atoms with E-state index in [9.17, 15) is 19.0 Å². The fraction of sp³-hybridized carbons (Fsp3) is 0.920. The fourth-order valence-electron chi connectivity index (χ4n) is 7.49.